The normalized spacial score (nSPS) is 40.4. The van der Waals surface area contributed by atoms with Crippen molar-refractivity contribution < 1.29 is 0 Å². The lowest BCUT2D eigenvalue weighted by Crippen LogP contribution is -2.40. The minimum atomic E-state index is 0.462. The number of nitrogens with zero attached hydrogens (tertiary/aromatic N) is 2. The minimum absolute atomic E-state index is 0.462. The van der Waals surface area contributed by atoms with Gasteiger partial charge in [-0.25, -0.2) is 0 Å². The van der Waals surface area contributed by atoms with Crippen molar-refractivity contribution in [2.45, 2.75) is 69.6 Å². The highest BCUT2D eigenvalue weighted by molar-refractivity contribution is 5.48. The van der Waals surface area contributed by atoms with Gasteiger partial charge in [-0.2, -0.15) is 0 Å². The van der Waals surface area contributed by atoms with Gasteiger partial charge in [0.05, 0.1) is 12.1 Å². The van der Waals surface area contributed by atoms with Crippen LogP contribution in [0.15, 0.2) is 120 Å². The molecule has 2 nitrogen and oxygen atoms in total. The van der Waals surface area contributed by atoms with Crippen molar-refractivity contribution >= 4 is 0 Å². The number of fused-ring (bicyclic) bond motifs is 5. The molecule has 8 atom stereocenters. The van der Waals surface area contributed by atoms with Gasteiger partial charge < -0.3 is 9.80 Å². The maximum atomic E-state index is 2.86. The highest BCUT2D eigenvalue weighted by Crippen LogP contribution is 2.52. The molecule has 0 spiro atoms. The second-order valence-corrected chi connectivity index (χ2v) is 12.8. The summed E-state index contributed by atoms with van der Waals surface area (Å²) in [6.07, 6.45) is 46.1. The number of likely N-dealkylation sites (tertiary alicyclic amines) is 1. The molecule has 0 aromatic carbocycles. The first kappa shape index (κ1) is 22.9. The molecule has 0 amide bonds. The second kappa shape index (κ2) is 9.04. The van der Waals surface area contributed by atoms with E-state index in [0.717, 1.165) is 6.42 Å². The summed E-state index contributed by atoms with van der Waals surface area (Å²) in [5, 5.41) is 0. The molecule has 1 saturated heterocycles. The smallest absolute Gasteiger partial charge is 0.0583 e. The average molecular weight is 501 g/mol. The highest BCUT2D eigenvalue weighted by Gasteiger charge is 2.47. The van der Waals surface area contributed by atoms with E-state index in [1.54, 1.807) is 16.8 Å². The van der Waals surface area contributed by atoms with Gasteiger partial charge in [-0.1, -0.05) is 98.1 Å². The zero-order valence-electron chi connectivity index (χ0n) is 22.6. The van der Waals surface area contributed by atoms with Crippen LogP contribution in [0.3, 0.4) is 0 Å². The van der Waals surface area contributed by atoms with E-state index in [2.05, 4.69) is 114 Å². The quantitative estimate of drug-likeness (QED) is 0.369. The predicted octanol–water partition coefficient (Wildman–Crippen LogP) is 7.57. The van der Waals surface area contributed by atoms with Gasteiger partial charge in [-0.15, -0.1) is 0 Å². The van der Waals surface area contributed by atoms with Crippen molar-refractivity contribution in [1.82, 2.24) is 9.80 Å². The van der Waals surface area contributed by atoms with E-state index in [4.69, 9.17) is 0 Å². The molecule has 2 aliphatic heterocycles. The molecule has 0 N–H and O–H groups in total. The maximum absolute atomic E-state index is 2.86. The molecule has 8 aliphatic rings. The molecule has 2 heteroatoms. The summed E-state index contributed by atoms with van der Waals surface area (Å²) in [5.41, 5.74) is 6.39. The van der Waals surface area contributed by atoms with Gasteiger partial charge in [0.1, 0.15) is 0 Å². The van der Waals surface area contributed by atoms with Crippen LogP contribution in [-0.2, 0) is 0 Å². The lowest BCUT2D eigenvalue weighted by atomic mass is 9.74. The van der Waals surface area contributed by atoms with Crippen molar-refractivity contribution in [3.8, 4) is 0 Å². The third-order valence-electron chi connectivity index (χ3n) is 10.6. The summed E-state index contributed by atoms with van der Waals surface area (Å²) in [6.45, 7) is 2.40. The van der Waals surface area contributed by atoms with Crippen molar-refractivity contribution in [2.24, 2.45) is 29.6 Å². The standard InChI is InChI=1S/C36H40N2/c1-24-15-18-30-32-23-26(17-20-35(32)38(36(30)21-24)28-11-5-6-12-28)25-16-19-34-31(22-25)29-13-7-8-14-33(29)37(34)27-9-3-2-4-10-27/h2-9,13-16,18-20,23-30,33,36H,10-12,17,21-22H2,1H3/t24?,25?,26?,27?,29?,30?,33-,36?/m1/s1. The van der Waals surface area contributed by atoms with Crippen LogP contribution in [-0.4, -0.2) is 34.0 Å². The fraction of sp³-hybridized carbons (Fsp3) is 0.444. The third kappa shape index (κ3) is 3.52. The molecule has 38 heavy (non-hydrogen) atoms. The molecule has 8 rings (SSSR count). The Bertz CT molecular complexity index is 1300. The molecule has 0 radical (unpaired) electrons. The second-order valence-electron chi connectivity index (χ2n) is 12.8. The molecule has 0 aromatic rings. The lowest BCUT2D eigenvalue weighted by Gasteiger charge is -2.37. The van der Waals surface area contributed by atoms with Crippen molar-refractivity contribution in [3.63, 3.8) is 0 Å². The number of allylic oxidation sites excluding steroid dienone is 10. The van der Waals surface area contributed by atoms with E-state index < -0.39 is 0 Å². The van der Waals surface area contributed by atoms with Gasteiger partial charge in [-0.3, -0.25) is 0 Å². The van der Waals surface area contributed by atoms with E-state index in [9.17, 15) is 0 Å². The topological polar surface area (TPSA) is 6.48 Å². The summed E-state index contributed by atoms with van der Waals surface area (Å²) >= 11 is 0. The van der Waals surface area contributed by atoms with Gasteiger partial charge >= 0.3 is 0 Å². The zero-order valence-corrected chi connectivity index (χ0v) is 22.6. The van der Waals surface area contributed by atoms with E-state index in [0.29, 0.717) is 53.8 Å². The van der Waals surface area contributed by atoms with Gasteiger partial charge in [0.15, 0.2) is 0 Å². The maximum Gasteiger partial charge on any atom is 0.0583 e. The molecule has 0 aromatic heterocycles. The number of hydrogen-bond donors (Lipinski definition) is 0. The van der Waals surface area contributed by atoms with Crippen LogP contribution in [0.5, 0.6) is 0 Å². The van der Waals surface area contributed by atoms with Crippen LogP contribution in [0, 0.1) is 29.6 Å². The van der Waals surface area contributed by atoms with Gasteiger partial charge in [0, 0.05) is 35.3 Å². The van der Waals surface area contributed by atoms with E-state index >= 15 is 0 Å². The monoisotopic (exact) mass is 500 g/mol. The Morgan fingerprint density at radius 3 is 2.47 bits per heavy atom. The fourth-order valence-electron chi connectivity index (χ4n) is 8.82. The molecule has 7 unspecified atom stereocenters. The summed E-state index contributed by atoms with van der Waals surface area (Å²) in [7, 11) is 0. The Kier molecular flexibility index (Phi) is 5.46. The molecule has 0 saturated carbocycles. The molecular formula is C36H40N2. The minimum Gasteiger partial charge on any atom is -0.364 e. The Morgan fingerprint density at radius 1 is 0.737 bits per heavy atom. The SMILES string of the molecule is CC1C=CC2C3=CC(C4C=CC5=C(C4)C4C=CC=C[C@H]4N5C4C=CC=CC4)CC=C3N(C3CC=CC3)C2C1. The molecule has 6 aliphatic carbocycles. The molecule has 194 valence electrons. The van der Waals surface area contributed by atoms with E-state index in [1.165, 1.54) is 37.8 Å². The first-order valence-corrected chi connectivity index (χ1v) is 15.2. The molecule has 2 heterocycles. The first-order valence-electron chi connectivity index (χ1n) is 15.2. The van der Waals surface area contributed by atoms with Crippen LogP contribution in [0.4, 0.5) is 0 Å². The van der Waals surface area contributed by atoms with Crippen LogP contribution in [0.1, 0.15) is 45.4 Å². The van der Waals surface area contributed by atoms with Gasteiger partial charge in [0.25, 0.3) is 0 Å². The average Bonchev–Trinajstić information content (AvgIpc) is 3.67. The van der Waals surface area contributed by atoms with E-state index in [1.807, 2.05) is 0 Å². The van der Waals surface area contributed by atoms with E-state index in [-0.39, 0.29) is 0 Å². The first-order chi connectivity index (χ1) is 18.8. The predicted molar refractivity (Wildman–Crippen MR) is 157 cm³/mol. The Balaban J connectivity index is 1.08. The fourth-order valence-corrected chi connectivity index (χ4v) is 8.82. The highest BCUT2D eigenvalue weighted by atomic mass is 15.2. The van der Waals surface area contributed by atoms with Crippen LogP contribution in [0.2, 0.25) is 0 Å². The third-order valence-corrected chi connectivity index (χ3v) is 10.6. The number of hydrogen-bond acceptors (Lipinski definition) is 2. The molecule has 1 fully saturated rings. The number of rotatable bonds is 3. The largest absolute Gasteiger partial charge is 0.364 e. The Hall–Kier alpha value is -3.00. The van der Waals surface area contributed by atoms with Gasteiger partial charge in [0.2, 0.25) is 0 Å². The summed E-state index contributed by atoms with van der Waals surface area (Å²) < 4.78 is 0. The summed E-state index contributed by atoms with van der Waals surface area (Å²) in [6, 6.07) is 2.23. The lowest BCUT2D eigenvalue weighted by molar-refractivity contribution is 0.180. The van der Waals surface area contributed by atoms with Crippen molar-refractivity contribution in [1.29, 1.82) is 0 Å². The van der Waals surface area contributed by atoms with Crippen molar-refractivity contribution in [3.05, 3.63) is 120 Å². The zero-order chi connectivity index (χ0) is 25.2. The Labute approximate surface area is 228 Å². The molecule has 0 bridgehead atoms. The van der Waals surface area contributed by atoms with Crippen molar-refractivity contribution in [2.75, 3.05) is 0 Å². The van der Waals surface area contributed by atoms with Gasteiger partial charge in [-0.05, 0) is 73.5 Å². The van der Waals surface area contributed by atoms with Crippen LogP contribution in [0.25, 0.3) is 0 Å². The molecular weight excluding hydrogens is 460 g/mol. The summed E-state index contributed by atoms with van der Waals surface area (Å²) in [5.74, 6) is 2.97. The van der Waals surface area contributed by atoms with Crippen LogP contribution >= 0.6 is 0 Å². The van der Waals surface area contributed by atoms with Crippen LogP contribution < -0.4 is 0 Å². The summed E-state index contributed by atoms with van der Waals surface area (Å²) in [4.78, 5) is 5.57. The Morgan fingerprint density at radius 2 is 1.61 bits per heavy atom.